The zero-order valence-corrected chi connectivity index (χ0v) is 15.0. The fourth-order valence-corrected chi connectivity index (χ4v) is 2.90. The van der Waals surface area contributed by atoms with E-state index in [0.29, 0.717) is 23.7 Å². The molecule has 0 aromatic heterocycles. The summed E-state index contributed by atoms with van der Waals surface area (Å²) in [7, 11) is 1.55. The molecule has 9 heteroatoms. The Morgan fingerprint density at radius 3 is 2.61 bits per heavy atom. The lowest BCUT2D eigenvalue weighted by Crippen LogP contribution is -2.39. The first-order valence-electron chi connectivity index (χ1n) is 8.51. The number of urea groups is 1. The molecular weight excluding hydrogens is 372 g/mol. The van der Waals surface area contributed by atoms with Crippen LogP contribution in [0.1, 0.15) is 6.42 Å². The smallest absolute Gasteiger partial charge is 0.387 e. The molecule has 0 bridgehead atoms. The van der Waals surface area contributed by atoms with Crippen molar-refractivity contribution >= 4 is 23.3 Å². The quantitative estimate of drug-likeness (QED) is 0.793. The molecule has 0 radical (unpaired) electrons. The molecule has 28 heavy (non-hydrogen) atoms. The number of benzene rings is 2. The minimum atomic E-state index is -2.91. The van der Waals surface area contributed by atoms with Crippen molar-refractivity contribution in [3.8, 4) is 11.5 Å². The van der Waals surface area contributed by atoms with Crippen molar-refractivity contribution in [2.75, 3.05) is 23.9 Å². The third-order valence-electron chi connectivity index (χ3n) is 4.16. The fraction of sp³-hybridized carbons (Fsp3) is 0.263. The SMILES string of the molecule is COc1cccc(N2C[C@H](NC(=O)Nc3ccc(OC(F)F)cc3)CC2=O)c1. The highest BCUT2D eigenvalue weighted by Crippen LogP contribution is 2.25. The van der Waals surface area contributed by atoms with Gasteiger partial charge in [0.25, 0.3) is 0 Å². The minimum absolute atomic E-state index is 0.00345. The van der Waals surface area contributed by atoms with Gasteiger partial charge in [-0.15, -0.1) is 0 Å². The Labute approximate surface area is 160 Å². The van der Waals surface area contributed by atoms with Crippen LogP contribution in [0, 0.1) is 0 Å². The van der Waals surface area contributed by atoms with E-state index in [1.807, 2.05) is 0 Å². The van der Waals surface area contributed by atoms with Crippen LogP contribution < -0.4 is 25.0 Å². The summed E-state index contributed by atoms with van der Waals surface area (Å²) in [6, 6.07) is 11.8. The predicted octanol–water partition coefficient (Wildman–Crippen LogP) is 3.22. The van der Waals surface area contributed by atoms with Crippen LogP contribution >= 0.6 is 0 Å². The number of nitrogens with one attached hydrogen (secondary N) is 2. The first-order valence-corrected chi connectivity index (χ1v) is 8.51. The highest BCUT2D eigenvalue weighted by Gasteiger charge is 2.31. The average molecular weight is 391 g/mol. The lowest BCUT2D eigenvalue weighted by atomic mass is 10.2. The van der Waals surface area contributed by atoms with Gasteiger partial charge in [-0.3, -0.25) is 4.79 Å². The Kier molecular flexibility index (Phi) is 5.93. The van der Waals surface area contributed by atoms with Crippen LogP contribution in [-0.2, 0) is 4.79 Å². The Bertz CT molecular complexity index is 845. The molecule has 2 N–H and O–H groups in total. The molecule has 1 atom stereocenters. The summed E-state index contributed by atoms with van der Waals surface area (Å²) >= 11 is 0. The molecule has 1 aliphatic heterocycles. The van der Waals surface area contributed by atoms with Gasteiger partial charge >= 0.3 is 12.6 Å². The number of ether oxygens (including phenoxy) is 2. The molecule has 2 aromatic carbocycles. The van der Waals surface area contributed by atoms with Gasteiger partial charge < -0.3 is 25.0 Å². The zero-order chi connectivity index (χ0) is 20.1. The normalized spacial score (nSPS) is 16.2. The lowest BCUT2D eigenvalue weighted by Gasteiger charge is -2.18. The number of carbonyl (C=O) groups excluding carboxylic acids is 2. The van der Waals surface area contributed by atoms with Crippen molar-refractivity contribution in [3.63, 3.8) is 0 Å². The van der Waals surface area contributed by atoms with Crippen LogP contribution in [0.3, 0.4) is 0 Å². The van der Waals surface area contributed by atoms with Crippen LogP contribution in [0.5, 0.6) is 11.5 Å². The molecule has 0 unspecified atom stereocenters. The maximum atomic E-state index is 12.3. The van der Waals surface area contributed by atoms with Crippen molar-refractivity contribution in [2.45, 2.75) is 19.1 Å². The lowest BCUT2D eigenvalue weighted by molar-refractivity contribution is -0.117. The van der Waals surface area contributed by atoms with Gasteiger partial charge in [-0.1, -0.05) is 6.07 Å². The molecule has 1 saturated heterocycles. The molecule has 7 nitrogen and oxygen atoms in total. The van der Waals surface area contributed by atoms with Crippen molar-refractivity contribution in [2.24, 2.45) is 0 Å². The molecule has 0 spiro atoms. The minimum Gasteiger partial charge on any atom is -0.497 e. The van der Waals surface area contributed by atoms with Gasteiger partial charge in [-0.25, -0.2) is 4.79 Å². The number of hydrogen-bond acceptors (Lipinski definition) is 4. The summed E-state index contributed by atoms with van der Waals surface area (Å²) in [6.07, 6.45) is 0.172. The van der Waals surface area contributed by atoms with Crippen molar-refractivity contribution in [1.29, 1.82) is 0 Å². The number of amides is 3. The number of methoxy groups -OCH3 is 1. The van der Waals surface area contributed by atoms with Gasteiger partial charge in [-0.2, -0.15) is 8.78 Å². The van der Waals surface area contributed by atoms with E-state index in [1.165, 1.54) is 24.3 Å². The van der Waals surface area contributed by atoms with E-state index in [-0.39, 0.29) is 24.1 Å². The molecule has 3 rings (SSSR count). The number of carbonyl (C=O) groups is 2. The van der Waals surface area contributed by atoms with Crippen molar-refractivity contribution < 1.29 is 27.8 Å². The molecule has 1 heterocycles. The Hall–Kier alpha value is -3.36. The van der Waals surface area contributed by atoms with E-state index < -0.39 is 12.6 Å². The number of halogens is 2. The number of alkyl halides is 2. The van der Waals surface area contributed by atoms with E-state index in [4.69, 9.17) is 4.74 Å². The molecule has 148 valence electrons. The summed E-state index contributed by atoms with van der Waals surface area (Å²) in [5.41, 5.74) is 1.11. The number of rotatable bonds is 6. The van der Waals surface area contributed by atoms with Crippen LogP contribution in [0.15, 0.2) is 48.5 Å². The Balaban J connectivity index is 1.55. The topological polar surface area (TPSA) is 79.9 Å². The summed E-state index contributed by atoms with van der Waals surface area (Å²) in [5, 5.41) is 5.33. The molecule has 0 aliphatic carbocycles. The number of anilines is 2. The Morgan fingerprint density at radius 1 is 1.18 bits per heavy atom. The maximum absolute atomic E-state index is 12.3. The van der Waals surface area contributed by atoms with Crippen molar-refractivity contribution in [3.05, 3.63) is 48.5 Å². The first-order chi connectivity index (χ1) is 13.4. The van der Waals surface area contributed by atoms with E-state index in [9.17, 15) is 18.4 Å². The second-order valence-electron chi connectivity index (χ2n) is 6.11. The predicted molar refractivity (Wildman–Crippen MR) is 99.0 cm³/mol. The second-order valence-corrected chi connectivity index (χ2v) is 6.11. The molecule has 2 aromatic rings. The van der Waals surface area contributed by atoms with Crippen molar-refractivity contribution in [1.82, 2.24) is 5.32 Å². The molecule has 1 fully saturated rings. The highest BCUT2D eigenvalue weighted by atomic mass is 19.3. The van der Waals surface area contributed by atoms with E-state index in [1.54, 1.807) is 36.3 Å². The maximum Gasteiger partial charge on any atom is 0.387 e. The third-order valence-corrected chi connectivity index (χ3v) is 4.16. The average Bonchev–Trinajstić information content (AvgIpc) is 3.03. The van der Waals surface area contributed by atoms with Crippen LogP contribution in [0.4, 0.5) is 25.0 Å². The van der Waals surface area contributed by atoms with Gasteiger partial charge in [0.1, 0.15) is 11.5 Å². The van der Waals surface area contributed by atoms with Gasteiger partial charge in [0, 0.05) is 30.4 Å². The fourth-order valence-electron chi connectivity index (χ4n) is 2.90. The summed E-state index contributed by atoms with van der Waals surface area (Å²) in [5.74, 6) is 0.530. The molecule has 3 amide bonds. The van der Waals surface area contributed by atoms with Gasteiger partial charge in [-0.05, 0) is 36.4 Å². The second kappa shape index (κ2) is 8.55. The van der Waals surface area contributed by atoms with Gasteiger partial charge in [0.15, 0.2) is 0 Å². The van der Waals surface area contributed by atoms with Crippen LogP contribution in [0.2, 0.25) is 0 Å². The van der Waals surface area contributed by atoms with E-state index >= 15 is 0 Å². The van der Waals surface area contributed by atoms with E-state index in [2.05, 4.69) is 15.4 Å². The van der Waals surface area contributed by atoms with Crippen LogP contribution in [-0.4, -0.2) is 38.2 Å². The summed E-state index contributed by atoms with van der Waals surface area (Å²) in [6.45, 7) is -2.57. The summed E-state index contributed by atoms with van der Waals surface area (Å²) in [4.78, 5) is 26.0. The van der Waals surface area contributed by atoms with Crippen LogP contribution in [0.25, 0.3) is 0 Å². The third kappa shape index (κ3) is 4.87. The highest BCUT2D eigenvalue weighted by molar-refractivity contribution is 5.97. The summed E-state index contributed by atoms with van der Waals surface area (Å²) < 4.78 is 33.7. The first kappa shape index (κ1) is 19.4. The number of nitrogens with zero attached hydrogens (tertiary/aromatic N) is 1. The zero-order valence-electron chi connectivity index (χ0n) is 15.0. The molecule has 1 aliphatic rings. The Morgan fingerprint density at radius 2 is 1.93 bits per heavy atom. The molecule has 0 saturated carbocycles. The standard InChI is InChI=1S/C19H19F2N3O4/c1-27-16-4-2-3-14(10-16)24-11-13(9-17(24)25)23-19(26)22-12-5-7-15(8-6-12)28-18(20)21/h2-8,10,13,18H,9,11H2,1H3,(H2,22,23,26)/t13-/m1/s1. The molecular formula is C19H19F2N3O4. The monoisotopic (exact) mass is 391 g/mol. The van der Waals surface area contributed by atoms with E-state index in [0.717, 1.165) is 0 Å². The van der Waals surface area contributed by atoms with Gasteiger partial charge in [0.05, 0.1) is 13.2 Å². The van der Waals surface area contributed by atoms with Gasteiger partial charge in [0.2, 0.25) is 5.91 Å². The number of hydrogen-bond donors (Lipinski definition) is 2. The largest absolute Gasteiger partial charge is 0.497 e.